The molecule has 0 radical (unpaired) electrons. The monoisotopic (exact) mass is 352 g/mol. The summed E-state index contributed by atoms with van der Waals surface area (Å²) in [7, 11) is 1.41. The highest BCUT2D eigenvalue weighted by Gasteiger charge is 2.14. The Labute approximate surface area is 150 Å². The summed E-state index contributed by atoms with van der Waals surface area (Å²) in [5.41, 5.74) is 0.587. The Kier molecular flexibility index (Phi) is 5.62. The lowest BCUT2D eigenvalue weighted by Gasteiger charge is -2.10. The van der Waals surface area contributed by atoms with E-state index in [0.29, 0.717) is 5.56 Å². The van der Waals surface area contributed by atoms with Crippen molar-refractivity contribution < 1.29 is 9.53 Å². The summed E-state index contributed by atoms with van der Waals surface area (Å²) in [6.45, 7) is 0. The molecule has 0 amide bonds. The summed E-state index contributed by atoms with van der Waals surface area (Å²) in [6.07, 6.45) is 0. The number of rotatable bonds is 5. The minimum Gasteiger partial charge on any atom is -0.465 e. The first kappa shape index (κ1) is 16.7. The van der Waals surface area contributed by atoms with E-state index in [4.69, 9.17) is 4.74 Å². The van der Waals surface area contributed by atoms with Gasteiger partial charge in [0.05, 0.1) is 12.7 Å². The Hall–Kier alpha value is -2.17. The fourth-order valence-corrected chi connectivity index (χ4v) is 4.12. The molecule has 0 aliphatic carbocycles. The van der Waals surface area contributed by atoms with Gasteiger partial charge in [-0.05, 0) is 42.5 Å². The molecule has 0 fully saturated rings. The van der Waals surface area contributed by atoms with Gasteiger partial charge in [-0.2, -0.15) is 0 Å². The molecular formula is C20H16O2S2. The first-order valence-electron chi connectivity index (χ1n) is 7.44. The summed E-state index contributed by atoms with van der Waals surface area (Å²) >= 11 is 3.24. The largest absolute Gasteiger partial charge is 0.465 e. The molecule has 0 saturated carbocycles. The minimum absolute atomic E-state index is 0.315. The lowest BCUT2D eigenvalue weighted by Crippen LogP contribution is -2.03. The van der Waals surface area contributed by atoms with Gasteiger partial charge in [0.1, 0.15) is 0 Å². The van der Waals surface area contributed by atoms with E-state index in [0.717, 1.165) is 14.7 Å². The third-order valence-electron chi connectivity index (χ3n) is 3.31. The summed E-state index contributed by atoms with van der Waals surface area (Å²) in [5, 5.41) is 0. The number of esters is 1. The second kappa shape index (κ2) is 8.08. The molecule has 0 aliphatic rings. The quantitative estimate of drug-likeness (QED) is 0.544. The molecule has 0 aliphatic heterocycles. The van der Waals surface area contributed by atoms with Gasteiger partial charge in [-0.25, -0.2) is 4.79 Å². The number of hydrogen-bond acceptors (Lipinski definition) is 4. The van der Waals surface area contributed by atoms with Gasteiger partial charge in [0.25, 0.3) is 0 Å². The van der Waals surface area contributed by atoms with Crippen molar-refractivity contribution in [3.8, 4) is 0 Å². The third-order valence-corrected chi connectivity index (χ3v) is 5.37. The summed E-state index contributed by atoms with van der Waals surface area (Å²) in [4.78, 5) is 16.3. The van der Waals surface area contributed by atoms with Crippen LogP contribution in [0, 0.1) is 0 Å². The average molecular weight is 352 g/mol. The zero-order chi connectivity index (χ0) is 16.8. The van der Waals surface area contributed by atoms with Gasteiger partial charge >= 0.3 is 5.97 Å². The van der Waals surface area contributed by atoms with Gasteiger partial charge in [0.15, 0.2) is 0 Å². The van der Waals surface area contributed by atoms with Gasteiger partial charge in [-0.3, -0.25) is 0 Å². The molecule has 0 N–H and O–H groups in total. The van der Waals surface area contributed by atoms with Crippen molar-refractivity contribution in [2.75, 3.05) is 7.11 Å². The number of carbonyl (C=O) groups is 1. The van der Waals surface area contributed by atoms with Crippen LogP contribution in [0.2, 0.25) is 0 Å². The van der Waals surface area contributed by atoms with Crippen molar-refractivity contribution in [2.24, 2.45) is 0 Å². The van der Waals surface area contributed by atoms with Crippen LogP contribution in [-0.2, 0) is 4.74 Å². The highest BCUT2D eigenvalue weighted by molar-refractivity contribution is 8.00. The maximum absolute atomic E-state index is 12.1. The van der Waals surface area contributed by atoms with Crippen molar-refractivity contribution in [3.63, 3.8) is 0 Å². The van der Waals surface area contributed by atoms with E-state index >= 15 is 0 Å². The second-order valence-electron chi connectivity index (χ2n) is 4.98. The minimum atomic E-state index is -0.315. The normalized spacial score (nSPS) is 10.4. The topological polar surface area (TPSA) is 26.3 Å². The lowest BCUT2D eigenvalue weighted by atomic mass is 10.2. The van der Waals surface area contributed by atoms with Crippen LogP contribution < -0.4 is 0 Å². The number of ether oxygens (including phenoxy) is 1. The van der Waals surface area contributed by atoms with Crippen LogP contribution in [0.4, 0.5) is 0 Å². The zero-order valence-electron chi connectivity index (χ0n) is 13.1. The van der Waals surface area contributed by atoms with Crippen molar-refractivity contribution in [3.05, 3.63) is 84.4 Å². The van der Waals surface area contributed by atoms with Crippen LogP contribution in [0.3, 0.4) is 0 Å². The van der Waals surface area contributed by atoms with E-state index in [-0.39, 0.29) is 5.97 Å². The van der Waals surface area contributed by atoms with Gasteiger partial charge in [-0.15, -0.1) is 0 Å². The fourth-order valence-electron chi connectivity index (χ4n) is 2.17. The SMILES string of the molecule is COC(=O)c1ccc(Sc2ccccc2)cc1Sc1ccccc1. The molecular weight excluding hydrogens is 336 g/mol. The van der Waals surface area contributed by atoms with E-state index in [1.54, 1.807) is 23.5 Å². The van der Waals surface area contributed by atoms with E-state index in [1.165, 1.54) is 12.0 Å². The summed E-state index contributed by atoms with van der Waals surface area (Å²) in [5.74, 6) is -0.315. The van der Waals surface area contributed by atoms with Crippen molar-refractivity contribution in [1.82, 2.24) is 0 Å². The first-order chi connectivity index (χ1) is 11.8. The molecule has 3 aromatic rings. The molecule has 0 unspecified atom stereocenters. The Morgan fingerprint density at radius 3 is 1.92 bits per heavy atom. The van der Waals surface area contributed by atoms with E-state index in [1.807, 2.05) is 66.7 Å². The second-order valence-corrected chi connectivity index (χ2v) is 7.24. The molecule has 24 heavy (non-hydrogen) atoms. The molecule has 0 atom stereocenters. The molecule has 0 spiro atoms. The molecule has 0 saturated heterocycles. The number of carbonyl (C=O) groups excluding carboxylic acids is 1. The predicted molar refractivity (Wildman–Crippen MR) is 98.9 cm³/mol. The predicted octanol–water partition coefficient (Wildman–Crippen LogP) is 5.78. The maximum Gasteiger partial charge on any atom is 0.339 e. The summed E-state index contributed by atoms with van der Waals surface area (Å²) in [6, 6.07) is 26.0. The average Bonchev–Trinajstić information content (AvgIpc) is 2.63. The van der Waals surface area contributed by atoms with Crippen molar-refractivity contribution in [2.45, 2.75) is 19.6 Å². The van der Waals surface area contributed by atoms with Crippen molar-refractivity contribution in [1.29, 1.82) is 0 Å². The van der Waals surface area contributed by atoms with Gasteiger partial charge in [-0.1, -0.05) is 59.9 Å². The van der Waals surface area contributed by atoms with Crippen LogP contribution >= 0.6 is 23.5 Å². The molecule has 4 heteroatoms. The Balaban J connectivity index is 1.93. The first-order valence-corrected chi connectivity index (χ1v) is 9.08. The highest BCUT2D eigenvalue weighted by Crippen LogP contribution is 2.36. The van der Waals surface area contributed by atoms with E-state index in [9.17, 15) is 4.79 Å². The highest BCUT2D eigenvalue weighted by atomic mass is 32.2. The summed E-state index contributed by atoms with van der Waals surface area (Å²) < 4.78 is 4.91. The van der Waals surface area contributed by atoms with Crippen LogP contribution in [0.5, 0.6) is 0 Å². The number of benzene rings is 3. The molecule has 0 bridgehead atoms. The smallest absolute Gasteiger partial charge is 0.339 e. The standard InChI is InChI=1S/C20H16O2S2/c1-22-20(21)18-13-12-17(23-15-8-4-2-5-9-15)14-19(18)24-16-10-6-3-7-11-16/h2-14H,1H3. The molecule has 120 valence electrons. The van der Waals surface area contributed by atoms with E-state index in [2.05, 4.69) is 12.1 Å². The molecule has 3 aromatic carbocycles. The number of hydrogen-bond donors (Lipinski definition) is 0. The Morgan fingerprint density at radius 1 is 0.750 bits per heavy atom. The lowest BCUT2D eigenvalue weighted by molar-refractivity contribution is 0.0596. The molecule has 3 rings (SSSR count). The Morgan fingerprint density at radius 2 is 1.33 bits per heavy atom. The van der Waals surface area contributed by atoms with Crippen molar-refractivity contribution >= 4 is 29.5 Å². The van der Waals surface area contributed by atoms with Crippen LogP contribution in [0.15, 0.2) is 98.4 Å². The van der Waals surface area contributed by atoms with E-state index < -0.39 is 0 Å². The van der Waals surface area contributed by atoms with Gasteiger partial charge in [0, 0.05) is 19.6 Å². The Bertz CT molecular complexity index is 818. The van der Waals surface area contributed by atoms with Crippen LogP contribution in [0.25, 0.3) is 0 Å². The molecule has 2 nitrogen and oxygen atoms in total. The van der Waals surface area contributed by atoms with Gasteiger partial charge in [0.2, 0.25) is 0 Å². The number of methoxy groups -OCH3 is 1. The van der Waals surface area contributed by atoms with Crippen LogP contribution in [0.1, 0.15) is 10.4 Å². The third kappa shape index (κ3) is 4.22. The molecule has 0 heterocycles. The van der Waals surface area contributed by atoms with Crippen LogP contribution in [-0.4, -0.2) is 13.1 Å². The fraction of sp³-hybridized carbons (Fsp3) is 0.0500. The molecule has 0 aromatic heterocycles. The maximum atomic E-state index is 12.1. The van der Waals surface area contributed by atoms with Gasteiger partial charge < -0.3 is 4.74 Å². The zero-order valence-corrected chi connectivity index (χ0v) is 14.8.